The number of ether oxygens (including phenoxy) is 2. The standard InChI is InChI=1S/C26H42N4O8S/c1-3-4-10-29(11-6-5-8-27)23(32)15-30-14-20(18-12-19(16-31)25-22(13-18)37-17-38-25)24(26(33)34)21(30)7-9-28-39(2,35)36/h12-13,20-21,24,28,31H,3-11,14-17,27H2,1-2H3,(H,33,34)/t20-,21+,24-/m1/s1. The Kier molecular flexibility index (Phi) is 11.4. The number of benzene rings is 1. The van der Waals surface area contributed by atoms with Gasteiger partial charge in [0.2, 0.25) is 22.7 Å². The van der Waals surface area contributed by atoms with Gasteiger partial charge in [-0.15, -0.1) is 0 Å². The van der Waals surface area contributed by atoms with E-state index in [0.717, 1.165) is 31.9 Å². The van der Waals surface area contributed by atoms with Crippen molar-refractivity contribution < 1.29 is 37.7 Å². The molecule has 2 heterocycles. The lowest BCUT2D eigenvalue weighted by Gasteiger charge is -2.29. The van der Waals surface area contributed by atoms with Crippen LogP contribution in [0.3, 0.4) is 0 Å². The number of carbonyl (C=O) groups excluding carboxylic acids is 1. The third-order valence-corrected chi connectivity index (χ3v) is 8.09. The number of aliphatic hydroxyl groups is 1. The molecule has 220 valence electrons. The Balaban J connectivity index is 1.90. The molecule has 13 heteroatoms. The SMILES string of the molecule is CCCCN(CCCCN)C(=O)CN1C[C@H](c2cc(CO)c3c(c2)OCO3)[C@@H](C(=O)O)[C@@H]1CCNS(C)(=O)=O. The van der Waals surface area contributed by atoms with E-state index in [-0.39, 0.29) is 45.4 Å². The molecular formula is C26H42N4O8S. The van der Waals surface area contributed by atoms with Gasteiger partial charge in [-0.25, -0.2) is 13.1 Å². The monoisotopic (exact) mass is 570 g/mol. The fourth-order valence-corrected chi connectivity index (χ4v) is 5.94. The Morgan fingerprint density at radius 1 is 1.21 bits per heavy atom. The van der Waals surface area contributed by atoms with Gasteiger partial charge < -0.3 is 30.3 Å². The molecule has 0 spiro atoms. The van der Waals surface area contributed by atoms with E-state index in [2.05, 4.69) is 11.6 Å². The number of nitrogens with two attached hydrogens (primary N) is 1. The van der Waals surface area contributed by atoms with Gasteiger partial charge in [0.1, 0.15) is 0 Å². The second-order valence-electron chi connectivity index (χ2n) is 10.2. The normalized spacial score (nSPS) is 20.9. The average molecular weight is 571 g/mol. The minimum atomic E-state index is -3.47. The molecule has 0 radical (unpaired) electrons. The van der Waals surface area contributed by atoms with Crippen molar-refractivity contribution in [2.75, 3.05) is 52.3 Å². The largest absolute Gasteiger partial charge is 0.481 e. The first-order chi connectivity index (χ1) is 18.6. The van der Waals surface area contributed by atoms with Crippen LogP contribution in [0.5, 0.6) is 11.5 Å². The second-order valence-corrected chi connectivity index (χ2v) is 12.1. The van der Waals surface area contributed by atoms with E-state index in [1.165, 1.54) is 0 Å². The number of amides is 1. The van der Waals surface area contributed by atoms with Gasteiger partial charge in [0.05, 0.1) is 25.3 Å². The molecule has 5 N–H and O–H groups in total. The number of carboxylic acids is 1. The van der Waals surface area contributed by atoms with Crippen molar-refractivity contribution >= 4 is 21.9 Å². The van der Waals surface area contributed by atoms with Gasteiger partial charge in [-0.05, 0) is 49.9 Å². The molecule has 1 aromatic carbocycles. The number of aliphatic carboxylic acids is 1. The number of hydrogen-bond donors (Lipinski definition) is 4. The number of nitrogens with zero attached hydrogens (tertiary/aromatic N) is 2. The summed E-state index contributed by atoms with van der Waals surface area (Å²) in [5, 5.41) is 20.2. The average Bonchev–Trinajstić information content (AvgIpc) is 3.49. The molecule has 2 aliphatic heterocycles. The van der Waals surface area contributed by atoms with Crippen LogP contribution in [0.4, 0.5) is 0 Å². The van der Waals surface area contributed by atoms with Gasteiger partial charge in [0.15, 0.2) is 11.5 Å². The van der Waals surface area contributed by atoms with E-state index in [1.807, 2.05) is 9.80 Å². The Bertz CT molecular complexity index is 1100. The number of nitrogens with one attached hydrogen (secondary N) is 1. The zero-order valence-corrected chi connectivity index (χ0v) is 23.6. The minimum absolute atomic E-state index is 0.0109. The van der Waals surface area contributed by atoms with Crippen molar-refractivity contribution in [3.05, 3.63) is 23.3 Å². The van der Waals surface area contributed by atoms with Gasteiger partial charge in [0.25, 0.3) is 0 Å². The highest BCUT2D eigenvalue weighted by atomic mass is 32.2. The summed E-state index contributed by atoms with van der Waals surface area (Å²) in [5.41, 5.74) is 6.80. The molecule has 0 aliphatic carbocycles. The molecule has 1 amide bonds. The highest BCUT2D eigenvalue weighted by Gasteiger charge is 2.47. The molecule has 3 atom stereocenters. The molecule has 1 aromatic rings. The van der Waals surface area contributed by atoms with Crippen molar-refractivity contribution in [2.45, 2.75) is 57.6 Å². The van der Waals surface area contributed by atoms with Gasteiger partial charge in [-0.3, -0.25) is 14.5 Å². The number of aliphatic hydroxyl groups excluding tert-OH is 1. The second kappa shape index (κ2) is 14.3. The fraction of sp³-hybridized carbons (Fsp3) is 0.692. The minimum Gasteiger partial charge on any atom is -0.481 e. The number of carbonyl (C=O) groups is 2. The van der Waals surface area contributed by atoms with Crippen LogP contribution in [0, 0.1) is 5.92 Å². The van der Waals surface area contributed by atoms with E-state index in [9.17, 15) is 28.2 Å². The summed E-state index contributed by atoms with van der Waals surface area (Å²) in [6.45, 7) is 3.85. The topological polar surface area (TPSA) is 172 Å². The predicted molar refractivity (Wildman–Crippen MR) is 145 cm³/mol. The summed E-state index contributed by atoms with van der Waals surface area (Å²) in [4.78, 5) is 29.8. The quantitative estimate of drug-likeness (QED) is 0.207. The number of unbranched alkanes of at least 4 members (excludes halogenated alkanes) is 2. The summed E-state index contributed by atoms with van der Waals surface area (Å²) >= 11 is 0. The summed E-state index contributed by atoms with van der Waals surface area (Å²) in [6.07, 6.45) is 4.65. The van der Waals surface area contributed by atoms with Crippen LogP contribution in [-0.2, 0) is 26.2 Å². The molecule has 3 rings (SSSR count). The highest BCUT2D eigenvalue weighted by Crippen LogP contribution is 2.44. The van der Waals surface area contributed by atoms with Crippen LogP contribution < -0.4 is 19.9 Å². The third kappa shape index (κ3) is 8.27. The number of rotatable bonds is 16. The van der Waals surface area contributed by atoms with Crippen LogP contribution in [0.1, 0.15) is 56.1 Å². The Morgan fingerprint density at radius 3 is 2.59 bits per heavy atom. The molecule has 39 heavy (non-hydrogen) atoms. The third-order valence-electron chi connectivity index (χ3n) is 7.36. The summed E-state index contributed by atoms with van der Waals surface area (Å²) in [5.74, 6) is -1.67. The summed E-state index contributed by atoms with van der Waals surface area (Å²) in [6, 6.07) is 2.87. The molecule has 12 nitrogen and oxygen atoms in total. The van der Waals surface area contributed by atoms with Crippen molar-refractivity contribution in [3.63, 3.8) is 0 Å². The number of sulfonamides is 1. The summed E-state index contributed by atoms with van der Waals surface area (Å²) < 4.78 is 36.8. The molecule has 1 saturated heterocycles. The van der Waals surface area contributed by atoms with Crippen LogP contribution >= 0.6 is 0 Å². The number of carboxylic acid groups (broad SMARTS) is 1. The fourth-order valence-electron chi connectivity index (χ4n) is 5.45. The molecule has 1 fully saturated rings. The van der Waals surface area contributed by atoms with Crippen molar-refractivity contribution in [1.29, 1.82) is 0 Å². The zero-order chi connectivity index (χ0) is 28.6. The lowest BCUT2D eigenvalue weighted by atomic mass is 9.83. The molecular weight excluding hydrogens is 528 g/mol. The van der Waals surface area contributed by atoms with Crippen molar-refractivity contribution in [1.82, 2.24) is 14.5 Å². The zero-order valence-electron chi connectivity index (χ0n) is 22.8. The number of fused-ring (bicyclic) bond motifs is 1. The number of likely N-dealkylation sites (tertiary alicyclic amines) is 1. The Labute approximate surface area is 230 Å². The Hall–Kier alpha value is -2.45. The van der Waals surface area contributed by atoms with E-state index in [1.54, 1.807) is 12.1 Å². The smallest absolute Gasteiger partial charge is 0.308 e. The van der Waals surface area contributed by atoms with E-state index < -0.39 is 33.9 Å². The maximum atomic E-state index is 13.5. The molecule has 0 saturated carbocycles. The lowest BCUT2D eigenvalue weighted by molar-refractivity contribution is -0.143. The molecule has 0 aromatic heterocycles. The first-order valence-corrected chi connectivity index (χ1v) is 15.4. The van der Waals surface area contributed by atoms with Gasteiger partial charge in [0, 0.05) is 43.7 Å². The molecule has 2 aliphatic rings. The van der Waals surface area contributed by atoms with Gasteiger partial charge >= 0.3 is 5.97 Å². The first-order valence-electron chi connectivity index (χ1n) is 13.5. The van der Waals surface area contributed by atoms with Crippen LogP contribution in [-0.4, -0.2) is 98.7 Å². The lowest BCUT2D eigenvalue weighted by Crippen LogP contribution is -2.45. The van der Waals surface area contributed by atoms with E-state index in [4.69, 9.17) is 15.2 Å². The van der Waals surface area contributed by atoms with Crippen LogP contribution in [0.25, 0.3) is 0 Å². The number of hydrogen-bond acceptors (Lipinski definition) is 9. The highest BCUT2D eigenvalue weighted by molar-refractivity contribution is 7.88. The molecule has 0 bridgehead atoms. The van der Waals surface area contributed by atoms with Crippen molar-refractivity contribution in [2.24, 2.45) is 11.7 Å². The van der Waals surface area contributed by atoms with Crippen molar-refractivity contribution in [3.8, 4) is 11.5 Å². The Morgan fingerprint density at radius 2 is 1.95 bits per heavy atom. The predicted octanol–water partition coefficient (Wildman–Crippen LogP) is 0.683. The first kappa shape index (κ1) is 31.1. The maximum absolute atomic E-state index is 13.5. The van der Waals surface area contributed by atoms with Crippen LogP contribution in [0.2, 0.25) is 0 Å². The van der Waals surface area contributed by atoms with E-state index >= 15 is 0 Å². The maximum Gasteiger partial charge on any atom is 0.308 e. The van der Waals surface area contributed by atoms with Gasteiger partial charge in [-0.1, -0.05) is 13.3 Å². The van der Waals surface area contributed by atoms with Gasteiger partial charge in [-0.2, -0.15) is 0 Å². The van der Waals surface area contributed by atoms with Crippen LogP contribution in [0.15, 0.2) is 12.1 Å². The van der Waals surface area contributed by atoms with E-state index in [0.29, 0.717) is 42.3 Å². The summed E-state index contributed by atoms with van der Waals surface area (Å²) in [7, 11) is -3.47. The molecule has 0 unspecified atom stereocenters.